The first-order valence-electron chi connectivity index (χ1n) is 24.1. The Kier molecular flexibility index (Phi) is 43.9. The molecule has 0 saturated carbocycles. The van der Waals surface area contributed by atoms with Crippen LogP contribution >= 0.6 is 0 Å². The van der Waals surface area contributed by atoms with Crippen molar-refractivity contribution < 1.29 is 28.6 Å². The molecule has 0 amide bonds. The minimum absolute atomic E-state index is 0.0830. The number of carbonyl (C=O) groups excluding carboxylic acids is 3. The third kappa shape index (κ3) is 44.3. The van der Waals surface area contributed by atoms with E-state index >= 15 is 0 Å². The number of ether oxygens (including phenoxy) is 3. The van der Waals surface area contributed by atoms with Crippen LogP contribution in [0.1, 0.15) is 239 Å². The van der Waals surface area contributed by atoms with Crippen LogP contribution in [-0.2, 0) is 28.6 Å². The van der Waals surface area contributed by atoms with E-state index in [1.165, 1.54) is 116 Å². The highest BCUT2D eigenvalue weighted by Gasteiger charge is 2.19. The average Bonchev–Trinajstić information content (AvgIpc) is 3.21. The first kappa shape index (κ1) is 54.4. The van der Waals surface area contributed by atoms with E-state index in [0.29, 0.717) is 19.3 Å². The fraction of sp³-hybridized carbons (Fsp3) is 0.784. The van der Waals surface area contributed by atoms with Crippen LogP contribution in [0.15, 0.2) is 48.6 Å². The lowest BCUT2D eigenvalue weighted by atomic mass is 10.0. The zero-order chi connectivity index (χ0) is 41.5. The van der Waals surface area contributed by atoms with Crippen molar-refractivity contribution in [1.82, 2.24) is 0 Å². The van der Waals surface area contributed by atoms with Crippen LogP contribution in [0.25, 0.3) is 0 Å². The Balaban J connectivity index is 4.42. The summed E-state index contributed by atoms with van der Waals surface area (Å²) >= 11 is 0. The molecule has 0 heterocycles. The number of hydrogen-bond acceptors (Lipinski definition) is 6. The van der Waals surface area contributed by atoms with Gasteiger partial charge in [0.05, 0.1) is 0 Å². The summed E-state index contributed by atoms with van der Waals surface area (Å²) in [5.74, 6) is -0.922. The maximum absolute atomic E-state index is 12.7. The van der Waals surface area contributed by atoms with E-state index in [9.17, 15) is 14.4 Å². The highest BCUT2D eigenvalue weighted by Crippen LogP contribution is 2.15. The predicted molar refractivity (Wildman–Crippen MR) is 242 cm³/mol. The van der Waals surface area contributed by atoms with Gasteiger partial charge in [-0.3, -0.25) is 14.4 Å². The number of unbranched alkanes of at least 4 members (excludes halogenated alkanes) is 24. The van der Waals surface area contributed by atoms with E-state index in [2.05, 4.69) is 69.4 Å². The number of carbonyl (C=O) groups is 3. The van der Waals surface area contributed by atoms with Crippen molar-refractivity contribution in [3.63, 3.8) is 0 Å². The summed E-state index contributed by atoms with van der Waals surface area (Å²) in [7, 11) is 0. The molecule has 57 heavy (non-hydrogen) atoms. The SMILES string of the molecule is CC/C=C\C/C=C\C/C=C\C/C=C\CCCCC(=O)OCC(COC(=O)CCCCCCCCCCCCCC)OC(=O)CCCCCCCCCCCCCC. The molecule has 0 saturated heterocycles. The minimum Gasteiger partial charge on any atom is -0.462 e. The molecule has 0 fully saturated rings. The predicted octanol–water partition coefficient (Wildman–Crippen LogP) is 15.5. The van der Waals surface area contributed by atoms with E-state index in [1.54, 1.807) is 0 Å². The number of esters is 3. The first-order valence-corrected chi connectivity index (χ1v) is 24.1. The molecule has 1 unspecified atom stereocenters. The Labute approximate surface area is 352 Å². The third-order valence-electron chi connectivity index (χ3n) is 10.3. The molecule has 0 aliphatic carbocycles. The van der Waals surface area contributed by atoms with Gasteiger partial charge in [-0.25, -0.2) is 0 Å². The summed E-state index contributed by atoms with van der Waals surface area (Å²) in [4.78, 5) is 37.8. The standard InChI is InChI=1S/C51H90O6/c1-4-7-10-13-16-19-22-25-26-27-30-32-35-38-41-44-50(53)56-47-48(57-51(54)45-42-39-36-33-29-24-21-18-15-12-9-6-3)46-55-49(52)43-40-37-34-31-28-23-20-17-14-11-8-5-2/h7,10,16,19,25-26,30,32,48H,4-6,8-9,11-15,17-18,20-24,27-29,31,33-47H2,1-3H3/b10-7-,19-16-,26-25-,32-30-. The monoisotopic (exact) mass is 799 g/mol. The van der Waals surface area contributed by atoms with Crippen LogP contribution < -0.4 is 0 Å². The molecule has 0 aromatic heterocycles. The molecule has 0 spiro atoms. The second kappa shape index (κ2) is 46.1. The second-order valence-electron chi connectivity index (χ2n) is 16.0. The van der Waals surface area contributed by atoms with Crippen molar-refractivity contribution in [1.29, 1.82) is 0 Å². The maximum Gasteiger partial charge on any atom is 0.306 e. The summed E-state index contributed by atoms with van der Waals surface area (Å²) in [6.07, 6.45) is 53.8. The van der Waals surface area contributed by atoms with Gasteiger partial charge in [0, 0.05) is 19.3 Å². The number of rotatable bonds is 43. The smallest absolute Gasteiger partial charge is 0.306 e. The summed E-state index contributed by atoms with van der Waals surface area (Å²) < 4.78 is 16.7. The van der Waals surface area contributed by atoms with Crippen LogP contribution in [0, 0.1) is 0 Å². The van der Waals surface area contributed by atoms with Gasteiger partial charge in [0.25, 0.3) is 0 Å². The van der Waals surface area contributed by atoms with Crippen LogP contribution in [0.3, 0.4) is 0 Å². The van der Waals surface area contributed by atoms with Crippen molar-refractivity contribution in [2.75, 3.05) is 13.2 Å². The van der Waals surface area contributed by atoms with Crippen LogP contribution in [0.5, 0.6) is 0 Å². The molecule has 0 aliphatic heterocycles. The van der Waals surface area contributed by atoms with Gasteiger partial charge in [-0.1, -0.05) is 211 Å². The topological polar surface area (TPSA) is 78.9 Å². The van der Waals surface area contributed by atoms with Gasteiger partial charge in [-0.2, -0.15) is 0 Å². The van der Waals surface area contributed by atoms with Gasteiger partial charge >= 0.3 is 17.9 Å². The lowest BCUT2D eigenvalue weighted by Gasteiger charge is -2.18. The van der Waals surface area contributed by atoms with E-state index in [0.717, 1.165) is 83.5 Å². The molecule has 0 aliphatic rings. The van der Waals surface area contributed by atoms with Crippen molar-refractivity contribution in [2.45, 2.75) is 245 Å². The lowest BCUT2D eigenvalue weighted by molar-refractivity contribution is -0.167. The van der Waals surface area contributed by atoms with Crippen molar-refractivity contribution in [3.8, 4) is 0 Å². The summed E-state index contributed by atoms with van der Waals surface area (Å²) in [6.45, 7) is 6.48. The van der Waals surface area contributed by atoms with Crippen molar-refractivity contribution in [2.24, 2.45) is 0 Å². The lowest BCUT2D eigenvalue weighted by Crippen LogP contribution is -2.30. The van der Waals surface area contributed by atoms with Gasteiger partial charge in [-0.05, 0) is 57.8 Å². The van der Waals surface area contributed by atoms with Gasteiger partial charge in [0.2, 0.25) is 0 Å². The van der Waals surface area contributed by atoms with Crippen LogP contribution in [0.4, 0.5) is 0 Å². The summed E-state index contributed by atoms with van der Waals surface area (Å²) in [6, 6.07) is 0. The quantitative estimate of drug-likeness (QED) is 0.0265. The van der Waals surface area contributed by atoms with Gasteiger partial charge in [0.15, 0.2) is 6.10 Å². The summed E-state index contributed by atoms with van der Waals surface area (Å²) in [5, 5.41) is 0. The molecule has 0 aromatic rings. The Morgan fingerprint density at radius 1 is 0.368 bits per heavy atom. The van der Waals surface area contributed by atoms with Gasteiger partial charge in [-0.15, -0.1) is 0 Å². The van der Waals surface area contributed by atoms with Crippen LogP contribution in [-0.4, -0.2) is 37.2 Å². The third-order valence-corrected chi connectivity index (χ3v) is 10.3. The normalized spacial score (nSPS) is 12.4. The highest BCUT2D eigenvalue weighted by atomic mass is 16.6. The Bertz CT molecular complexity index is 1010. The fourth-order valence-electron chi connectivity index (χ4n) is 6.73. The van der Waals surface area contributed by atoms with E-state index in [1.807, 2.05) is 0 Å². The largest absolute Gasteiger partial charge is 0.462 e. The molecule has 0 aromatic carbocycles. The van der Waals surface area contributed by atoms with E-state index < -0.39 is 6.10 Å². The van der Waals surface area contributed by atoms with E-state index in [-0.39, 0.29) is 31.1 Å². The molecule has 6 heteroatoms. The van der Waals surface area contributed by atoms with E-state index in [4.69, 9.17) is 14.2 Å². The fourth-order valence-corrected chi connectivity index (χ4v) is 6.73. The van der Waals surface area contributed by atoms with Gasteiger partial charge in [0.1, 0.15) is 13.2 Å². The molecule has 6 nitrogen and oxygen atoms in total. The van der Waals surface area contributed by atoms with Crippen molar-refractivity contribution >= 4 is 17.9 Å². The second-order valence-corrected chi connectivity index (χ2v) is 16.0. The zero-order valence-electron chi connectivity index (χ0n) is 37.6. The number of allylic oxidation sites excluding steroid dienone is 8. The molecular formula is C51H90O6. The molecule has 0 N–H and O–H groups in total. The van der Waals surface area contributed by atoms with Crippen LogP contribution in [0.2, 0.25) is 0 Å². The van der Waals surface area contributed by atoms with Crippen molar-refractivity contribution in [3.05, 3.63) is 48.6 Å². The van der Waals surface area contributed by atoms with Gasteiger partial charge < -0.3 is 14.2 Å². The molecular weight excluding hydrogens is 709 g/mol. The number of hydrogen-bond donors (Lipinski definition) is 0. The Morgan fingerprint density at radius 3 is 1.07 bits per heavy atom. The highest BCUT2D eigenvalue weighted by molar-refractivity contribution is 5.71. The molecule has 0 rings (SSSR count). The maximum atomic E-state index is 12.7. The Hall–Kier alpha value is -2.63. The minimum atomic E-state index is -0.783. The molecule has 0 bridgehead atoms. The zero-order valence-corrected chi connectivity index (χ0v) is 37.6. The molecule has 0 radical (unpaired) electrons. The molecule has 1 atom stereocenters. The first-order chi connectivity index (χ1) is 28.0. The average molecular weight is 799 g/mol. The molecule has 330 valence electrons. The Morgan fingerprint density at radius 2 is 0.684 bits per heavy atom. The summed E-state index contributed by atoms with van der Waals surface area (Å²) in [5.41, 5.74) is 0.